The van der Waals surface area contributed by atoms with Gasteiger partial charge in [0.25, 0.3) is 0 Å². The highest BCUT2D eigenvalue weighted by Gasteiger charge is 2.04. The van der Waals surface area contributed by atoms with Gasteiger partial charge >= 0.3 is 5.97 Å². The molecule has 0 aliphatic carbocycles. The summed E-state index contributed by atoms with van der Waals surface area (Å²) in [6.45, 7) is 2.17. The van der Waals surface area contributed by atoms with Gasteiger partial charge in [0.2, 0.25) is 0 Å². The van der Waals surface area contributed by atoms with Gasteiger partial charge in [-0.3, -0.25) is 4.79 Å². The van der Waals surface area contributed by atoms with Crippen LogP contribution in [0.2, 0.25) is 5.02 Å². The number of hydrogen-bond donors (Lipinski definition) is 0. The van der Waals surface area contributed by atoms with Gasteiger partial charge < -0.3 is 4.74 Å². The minimum Gasteiger partial charge on any atom is -0.426 e. The SMILES string of the molecule is CCCCCCCC(=O)Oc1cccc(Cl)c1. The first-order valence-corrected chi connectivity index (χ1v) is 6.56. The smallest absolute Gasteiger partial charge is 0.311 e. The zero-order valence-electron chi connectivity index (χ0n) is 10.2. The summed E-state index contributed by atoms with van der Waals surface area (Å²) >= 11 is 5.80. The first kappa shape index (κ1) is 14.0. The normalized spacial score (nSPS) is 10.2. The molecule has 94 valence electrons. The lowest BCUT2D eigenvalue weighted by Crippen LogP contribution is -2.07. The van der Waals surface area contributed by atoms with Crippen LogP contribution >= 0.6 is 11.6 Å². The van der Waals surface area contributed by atoms with Crippen LogP contribution in [0.15, 0.2) is 24.3 Å². The molecule has 0 unspecified atom stereocenters. The Bertz CT molecular complexity index is 350. The van der Waals surface area contributed by atoms with E-state index in [0.717, 1.165) is 12.8 Å². The molecule has 0 aliphatic heterocycles. The average molecular weight is 255 g/mol. The summed E-state index contributed by atoms with van der Waals surface area (Å²) in [5.41, 5.74) is 0. The molecule has 0 radical (unpaired) electrons. The lowest BCUT2D eigenvalue weighted by molar-refractivity contribution is -0.134. The van der Waals surface area contributed by atoms with E-state index in [-0.39, 0.29) is 5.97 Å². The Morgan fingerprint density at radius 3 is 2.71 bits per heavy atom. The van der Waals surface area contributed by atoms with Gasteiger partial charge in [-0.15, -0.1) is 0 Å². The van der Waals surface area contributed by atoms with Crippen LogP contribution in [0.1, 0.15) is 45.4 Å². The van der Waals surface area contributed by atoms with Crippen molar-refractivity contribution in [3.05, 3.63) is 29.3 Å². The maximum absolute atomic E-state index is 11.5. The second-order valence-corrected chi connectivity index (χ2v) is 4.53. The van der Waals surface area contributed by atoms with Crippen molar-refractivity contribution in [2.75, 3.05) is 0 Å². The van der Waals surface area contributed by atoms with E-state index in [1.165, 1.54) is 19.3 Å². The minimum atomic E-state index is -0.177. The summed E-state index contributed by atoms with van der Waals surface area (Å²) in [6, 6.07) is 6.91. The third-order valence-electron chi connectivity index (χ3n) is 2.51. The number of unbranched alkanes of at least 4 members (excludes halogenated alkanes) is 4. The molecule has 0 bridgehead atoms. The predicted octanol–water partition coefficient (Wildman–Crippen LogP) is 4.61. The minimum absolute atomic E-state index is 0.177. The molecule has 0 saturated carbocycles. The van der Waals surface area contributed by atoms with Crippen LogP contribution in [0.5, 0.6) is 5.75 Å². The van der Waals surface area contributed by atoms with Crippen molar-refractivity contribution >= 4 is 17.6 Å². The molecule has 0 fully saturated rings. The number of halogens is 1. The second kappa shape index (κ2) is 8.13. The van der Waals surface area contributed by atoms with Crippen molar-refractivity contribution in [3.8, 4) is 5.75 Å². The van der Waals surface area contributed by atoms with Gasteiger partial charge in [0.15, 0.2) is 0 Å². The Kier molecular flexibility index (Phi) is 6.71. The Hall–Kier alpha value is -1.02. The van der Waals surface area contributed by atoms with E-state index >= 15 is 0 Å². The van der Waals surface area contributed by atoms with Crippen molar-refractivity contribution in [2.24, 2.45) is 0 Å². The summed E-state index contributed by atoms with van der Waals surface area (Å²) in [7, 11) is 0. The molecule has 0 spiro atoms. The number of carbonyl (C=O) groups excluding carboxylic acids is 1. The third kappa shape index (κ3) is 6.32. The lowest BCUT2D eigenvalue weighted by Gasteiger charge is -2.04. The maximum Gasteiger partial charge on any atom is 0.311 e. The highest BCUT2D eigenvalue weighted by Crippen LogP contribution is 2.18. The average Bonchev–Trinajstić information content (AvgIpc) is 2.29. The number of benzene rings is 1. The van der Waals surface area contributed by atoms with Crippen LogP contribution in [0, 0.1) is 0 Å². The summed E-state index contributed by atoms with van der Waals surface area (Å²) < 4.78 is 5.18. The van der Waals surface area contributed by atoms with E-state index in [0.29, 0.717) is 17.2 Å². The topological polar surface area (TPSA) is 26.3 Å². The molecular formula is C14H19ClO2. The van der Waals surface area contributed by atoms with Gasteiger partial charge in [-0.25, -0.2) is 0 Å². The molecule has 1 aromatic rings. The fourth-order valence-electron chi connectivity index (χ4n) is 1.59. The van der Waals surface area contributed by atoms with Crippen LogP contribution in [-0.2, 0) is 4.79 Å². The fourth-order valence-corrected chi connectivity index (χ4v) is 1.77. The fraction of sp³-hybridized carbons (Fsp3) is 0.500. The Morgan fingerprint density at radius 2 is 2.00 bits per heavy atom. The Morgan fingerprint density at radius 1 is 1.24 bits per heavy atom. The summed E-state index contributed by atoms with van der Waals surface area (Å²) in [5, 5.41) is 0.582. The summed E-state index contributed by atoms with van der Waals surface area (Å²) in [6.07, 6.45) is 6.13. The molecule has 1 aromatic carbocycles. The number of hydrogen-bond acceptors (Lipinski definition) is 2. The van der Waals surface area contributed by atoms with Gasteiger partial charge in [-0.1, -0.05) is 50.3 Å². The molecule has 17 heavy (non-hydrogen) atoms. The first-order chi connectivity index (χ1) is 8.22. The van der Waals surface area contributed by atoms with Gasteiger partial charge in [-0.05, 0) is 24.6 Å². The summed E-state index contributed by atoms with van der Waals surface area (Å²) in [5.74, 6) is 0.347. The Balaban J connectivity index is 2.21. The monoisotopic (exact) mass is 254 g/mol. The van der Waals surface area contributed by atoms with Crippen molar-refractivity contribution < 1.29 is 9.53 Å². The Labute approximate surface area is 108 Å². The zero-order chi connectivity index (χ0) is 12.5. The second-order valence-electron chi connectivity index (χ2n) is 4.10. The van der Waals surface area contributed by atoms with E-state index < -0.39 is 0 Å². The highest BCUT2D eigenvalue weighted by molar-refractivity contribution is 6.30. The summed E-state index contributed by atoms with van der Waals surface area (Å²) in [4.78, 5) is 11.5. The number of rotatable bonds is 7. The largest absolute Gasteiger partial charge is 0.426 e. The van der Waals surface area contributed by atoms with E-state index in [1.807, 2.05) is 0 Å². The van der Waals surface area contributed by atoms with Gasteiger partial charge in [-0.2, -0.15) is 0 Å². The van der Waals surface area contributed by atoms with Crippen LogP contribution in [0.3, 0.4) is 0 Å². The lowest BCUT2D eigenvalue weighted by atomic mass is 10.1. The molecule has 0 N–H and O–H groups in total. The zero-order valence-corrected chi connectivity index (χ0v) is 11.0. The van der Waals surface area contributed by atoms with Crippen molar-refractivity contribution in [3.63, 3.8) is 0 Å². The molecule has 0 amide bonds. The van der Waals surface area contributed by atoms with Crippen molar-refractivity contribution in [1.29, 1.82) is 0 Å². The molecule has 1 rings (SSSR count). The van der Waals surface area contributed by atoms with Crippen molar-refractivity contribution in [1.82, 2.24) is 0 Å². The molecule has 0 saturated heterocycles. The van der Waals surface area contributed by atoms with E-state index in [9.17, 15) is 4.79 Å². The quantitative estimate of drug-likeness (QED) is 0.404. The number of esters is 1. The number of carbonyl (C=O) groups is 1. The molecule has 0 atom stereocenters. The third-order valence-corrected chi connectivity index (χ3v) is 2.75. The van der Waals surface area contributed by atoms with Gasteiger partial charge in [0.1, 0.15) is 5.75 Å². The van der Waals surface area contributed by atoms with E-state index in [2.05, 4.69) is 6.92 Å². The van der Waals surface area contributed by atoms with Crippen LogP contribution in [0.25, 0.3) is 0 Å². The van der Waals surface area contributed by atoms with Crippen LogP contribution in [-0.4, -0.2) is 5.97 Å². The van der Waals surface area contributed by atoms with E-state index in [4.69, 9.17) is 16.3 Å². The molecule has 0 heterocycles. The van der Waals surface area contributed by atoms with Crippen LogP contribution < -0.4 is 4.74 Å². The predicted molar refractivity (Wildman–Crippen MR) is 70.5 cm³/mol. The maximum atomic E-state index is 11.5. The molecule has 0 aromatic heterocycles. The highest BCUT2D eigenvalue weighted by atomic mass is 35.5. The molecule has 2 nitrogen and oxygen atoms in total. The first-order valence-electron chi connectivity index (χ1n) is 6.18. The van der Waals surface area contributed by atoms with Gasteiger partial charge in [0.05, 0.1) is 0 Å². The molecule has 3 heteroatoms. The standard InChI is InChI=1S/C14H19ClO2/c1-2-3-4-5-6-10-14(16)17-13-9-7-8-12(15)11-13/h7-9,11H,2-6,10H2,1H3. The van der Waals surface area contributed by atoms with Crippen LogP contribution in [0.4, 0.5) is 0 Å². The van der Waals surface area contributed by atoms with Gasteiger partial charge in [0, 0.05) is 11.4 Å². The van der Waals surface area contributed by atoms with E-state index in [1.54, 1.807) is 24.3 Å². The number of ether oxygens (including phenoxy) is 1. The molecule has 0 aliphatic rings. The molecular weight excluding hydrogens is 236 g/mol. The van der Waals surface area contributed by atoms with Crippen molar-refractivity contribution in [2.45, 2.75) is 45.4 Å².